The molecule has 11 heteroatoms. The van der Waals surface area contributed by atoms with Crippen molar-refractivity contribution in [3.05, 3.63) is 0 Å². The average Bonchev–Trinajstić information content (AvgIpc) is 2.41. The molecule has 0 saturated carbocycles. The van der Waals surface area contributed by atoms with E-state index in [1.807, 2.05) is 5.32 Å². The quantitative estimate of drug-likeness (QED) is 0.220. The van der Waals surface area contributed by atoms with E-state index < -0.39 is 60.9 Å². The molecule has 0 unspecified atom stereocenters. The van der Waals surface area contributed by atoms with Gasteiger partial charge in [-0.05, 0) is 6.92 Å². The number of aliphatic carboxylic acids is 1. The van der Waals surface area contributed by atoms with Gasteiger partial charge in [-0.1, -0.05) is 0 Å². The van der Waals surface area contributed by atoms with Crippen molar-refractivity contribution in [1.82, 2.24) is 10.6 Å². The van der Waals surface area contributed by atoms with E-state index >= 15 is 0 Å². The highest BCUT2D eigenvalue weighted by atomic mass is 16.4. The smallest absolute Gasteiger partial charge is 0.326 e. The molecule has 0 aliphatic rings. The number of carboxylic acids is 1. The van der Waals surface area contributed by atoms with Crippen molar-refractivity contribution >= 4 is 23.7 Å². The van der Waals surface area contributed by atoms with Gasteiger partial charge in [-0.3, -0.25) is 14.4 Å². The number of amides is 3. The number of aliphatic hydroxyl groups excluding tert-OH is 2. The number of nitrogens with one attached hydrogen (secondary N) is 2. The van der Waals surface area contributed by atoms with E-state index in [1.165, 1.54) is 6.92 Å². The molecule has 0 radical (unpaired) electrons. The Morgan fingerprint density at radius 2 is 1.59 bits per heavy atom. The van der Waals surface area contributed by atoms with Crippen LogP contribution in [-0.4, -0.2) is 69.8 Å². The second-order valence-electron chi connectivity index (χ2n) is 4.58. The van der Waals surface area contributed by atoms with Crippen LogP contribution in [0.3, 0.4) is 0 Å². The van der Waals surface area contributed by atoms with Crippen LogP contribution in [0.5, 0.6) is 0 Å². The van der Waals surface area contributed by atoms with Crippen LogP contribution < -0.4 is 22.1 Å². The van der Waals surface area contributed by atoms with Crippen molar-refractivity contribution in [2.24, 2.45) is 11.5 Å². The molecule has 0 saturated heterocycles. The highest BCUT2D eigenvalue weighted by Crippen LogP contribution is 1.96. The van der Waals surface area contributed by atoms with Gasteiger partial charge in [0.05, 0.1) is 19.1 Å². The van der Waals surface area contributed by atoms with E-state index in [0.29, 0.717) is 0 Å². The topological polar surface area (TPSA) is 205 Å². The molecule has 0 aromatic carbocycles. The zero-order chi connectivity index (χ0) is 17.4. The largest absolute Gasteiger partial charge is 0.480 e. The van der Waals surface area contributed by atoms with Gasteiger partial charge in [0.1, 0.15) is 18.1 Å². The first-order chi connectivity index (χ1) is 10.1. The van der Waals surface area contributed by atoms with Crippen LogP contribution in [0.25, 0.3) is 0 Å². The van der Waals surface area contributed by atoms with Crippen molar-refractivity contribution in [1.29, 1.82) is 0 Å². The first-order valence-corrected chi connectivity index (χ1v) is 6.26. The Balaban J connectivity index is 4.80. The van der Waals surface area contributed by atoms with Gasteiger partial charge >= 0.3 is 5.97 Å². The van der Waals surface area contributed by atoms with Crippen molar-refractivity contribution in [2.45, 2.75) is 37.6 Å². The summed E-state index contributed by atoms with van der Waals surface area (Å²) in [6.45, 7) is 0.415. The molecule has 0 aliphatic carbocycles. The maximum atomic E-state index is 11.8. The summed E-state index contributed by atoms with van der Waals surface area (Å²) in [6, 6.07) is -4.42. The summed E-state index contributed by atoms with van der Waals surface area (Å²) >= 11 is 0. The molecule has 0 aromatic rings. The number of carboxylic acid groups (broad SMARTS) is 1. The Morgan fingerprint density at radius 3 is 1.95 bits per heavy atom. The van der Waals surface area contributed by atoms with Gasteiger partial charge in [0.25, 0.3) is 0 Å². The fraction of sp³-hybridized carbons (Fsp3) is 0.636. The summed E-state index contributed by atoms with van der Waals surface area (Å²) in [5.74, 6) is -4.41. The number of primary amides is 1. The standard InChI is InChI=1S/C11H20N4O7/c1-4(17)8(13)10(20)15-6(3-16)9(19)14-5(11(21)22)2-7(12)18/h4-6,8,16-17H,2-3,13H2,1H3,(H2,12,18)(H,14,19)(H,15,20)(H,21,22)/t4-,5+,6+,8+/m1/s1. The monoisotopic (exact) mass is 320 g/mol. The third-order valence-corrected chi connectivity index (χ3v) is 2.66. The summed E-state index contributed by atoms with van der Waals surface area (Å²) in [4.78, 5) is 45.0. The zero-order valence-corrected chi connectivity index (χ0v) is 11.9. The molecule has 0 spiro atoms. The third kappa shape index (κ3) is 6.47. The number of rotatable bonds is 9. The number of nitrogens with two attached hydrogens (primary N) is 2. The number of hydrogen-bond acceptors (Lipinski definition) is 7. The molecule has 126 valence electrons. The van der Waals surface area contributed by atoms with Gasteiger partial charge in [-0.25, -0.2) is 4.79 Å². The second kappa shape index (κ2) is 8.92. The number of carbonyl (C=O) groups is 4. The maximum Gasteiger partial charge on any atom is 0.326 e. The van der Waals surface area contributed by atoms with Crippen molar-refractivity contribution in [3.63, 3.8) is 0 Å². The van der Waals surface area contributed by atoms with Crippen LogP contribution in [-0.2, 0) is 19.2 Å². The fourth-order valence-corrected chi connectivity index (χ4v) is 1.35. The Kier molecular flexibility index (Phi) is 8.01. The molecule has 22 heavy (non-hydrogen) atoms. The van der Waals surface area contributed by atoms with Crippen molar-refractivity contribution < 1.29 is 34.5 Å². The minimum atomic E-state index is -1.60. The van der Waals surface area contributed by atoms with Gasteiger partial charge in [-0.15, -0.1) is 0 Å². The lowest BCUT2D eigenvalue weighted by atomic mass is 10.1. The molecule has 4 atom stereocenters. The number of hydrogen-bond donors (Lipinski definition) is 7. The van der Waals surface area contributed by atoms with Crippen LogP contribution >= 0.6 is 0 Å². The molecule has 0 bridgehead atoms. The lowest BCUT2D eigenvalue weighted by Crippen LogP contribution is -2.57. The zero-order valence-electron chi connectivity index (χ0n) is 11.9. The minimum Gasteiger partial charge on any atom is -0.480 e. The molecule has 0 rings (SSSR count). The van der Waals surface area contributed by atoms with Crippen LogP contribution in [0.4, 0.5) is 0 Å². The van der Waals surface area contributed by atoms with E-state index in [4.69, 9.17) is 26.8 Å². The first kappa shape index (κ1) is 19.8. The Morgan fingerprint density at radius 1 is 1.09 bits per heavy atom. The summed E-state index contributed by atoms with van der Waals surface area (Å²) in [5.41, 5.74) is 10.2. The highest BCUT2D eigenvalue weighted by molar-refractivity contribution is 5.93. The lowest BCUT2D eigenvalue weighted by Gasteiger charge is -2.21. The molecule has 9 N–H and O–H groups in total. The Bertz CT molecular complexity index is 440. The molecule has 11 nitrogen and oxygen atoms in total. The van der Waals surface area contributed by atoms with Crippen molar-refractivity contribution in [2.75, 3.05) is 6.61 Å². The van der Waals surface area contributed by atoms with Crippen LogP contribution in [0.15, 0.2) is 0 Å². The molecule has 0 fully saturated rings. The Labute approximate surface area is 125 Å². The predicted molar refractivity (Wildman–Crippen MR) is 72.1 cm³/mol. The normalized spacial score (nSPS) is 16.0. The summed E-state index contributed by atoms with van der Waals surface area (Å²) in [5, 5.41) is 31.1. The number of carbonyl (C=O) groups excluding carboxylic acids is 3. The van der Waals surface area contributed by atoms with E-state index in [9.17, 15) is 19.2 Å². The maximum absolute atomic E-state index is 11.8. The summed E-state index contributed by atoms with van der Waals surface area (Å²) in [7, 11) is 0. The van der Waals surface area contributed by atoms with Gasteiger partial charge < -0.3 is 37.4 Å². The average molecular weight is 320 g/mol. The van der Waals surface area contributed by atoms with E-state index in [2.05, 4.69) is 5.32 Å². The van der Waals surface area contributed by atoms with Crippen LogP contribution in [0.1, 0.15) is 13.3 Å². The second-order valence-corrected chi connectivity index (χ2v) is 4.58. The predicted octanol–water partition coefficient (Wildman–Crippen LogP) is -4.38. The van der Waals surface area contributed by atoms with Crippen LogP contribution in [0.2, 0.25) is 0 Å². The van der Waals surface area contributed by atoms with Gasteiger partial charge in [-0.2, -0.15) is 0 Å². The van der Waals surface area contributed by atoms with Gasteiger partial charge in [0, 0.05) is 0 Å². The van der Waals surface area contributed by atoms with Gasteiger partial charge in [0.15, 0.2) is 0 Å². The molecule has 3 amide bonds. The Hall–Kier alpha value is -2.24. The molecular formula is C11H20N4O7. The van der Waals surface area contributed by atoms with E-state index in [-0.39, 0.29) is 0 Å². The minimum absolute atomic E-state index is 0.652. The van der Waals surface area contributed by atoms with Crippen LogP contribution in [0, 0.1) is 0 Å². The number of aliphatic hydroxyl groups is 2. The summed E-state index contributed by atoms with van der Waals surface area (Å²) < 4.78 is 0. The SMILES string of the molecule is C[C@@H](O)[C@H](N)C(=O)N[C@@H](CO)C(=O)N[C@@H](CC(N)=O)C(=O)O. The molecule has 0 heterocycles. The molecule has 0 aliphatic heterocycles. The molecule has 0 aromatic heterocycles. The van der Waals surface area contributed by atoms with Crippen molar-refractivity contribution in [3.8, 4) is 0 Å². The summed E-state index contributed by atoms with van der Waals surface area (Å²) in [6.07, 6.45) is -1.84. The highest BCUT2D eigenvalue weighted by Gasteiger charge is 2.29. The third-order valence-electron chi connectivity index (χ3n) is 2.66. The fourth-order valence-electron chi connectivity index (χ4n) is 1.35. The van der Waals surface area contributed by atoms with E-state index in [1.54, 1.807) is 0 Å². The molecular weight excluding hydrogens is 300 g/mol. The lowest BCUT2D eigenvalue weighted by molar-refractivity contribution is -0.144. The van der Waals surface area contributed by atoms with E-state index in [0.717, 1.165) is 0 Å². The van der Waals surface area contributed by atoms with Gasteiger partial charge in [0.2, 0.25) is 17.7 Å². The first-order valence-electron chi connectivity index (χ1n) is 6.26.